The highest BCUT2D eigenvalue weighted by atomic mass is 16.5. The summed E-state index contributed by atoms with van der Waals surface area (Å²) in [4.78, 5) is 0. The maximum Gasteiger partial charge on any atom is 0.119 e. The van der Waals surface area contributed by atoms with Gasteiger partial charge < -0.3 is 9.94 Å². The fourth-order valence-electron chi connectivity index (χ4n) is 2.66. The fraction of sp³-hybridized carbons (Fsp3) is 0.381. The van der Waals surface area contributed by atoms with E-state index in [0.29, 0.717) is 5.71 Å². The highest BCUT2D eigenvalue weighted by Crippen LogP contribution is 2.17. The van der Waals surface area contributed by atoms with Crippen LogP contribution < -0.4 is 4.74 Å². The fourth-order valence-corrected chi connectivity index (χ4v) is 2.66. The van der Waals surface area contributed by atoms with Gasteiger partial charge in [-0.3, -0.25) is 0 Å². The first-order valence-electron chi connectivity index (χ1n) is 8.86. The Balaban J connectivity index is 1.82. The van der Waals surface area contributed by atoms with Crippen LogP contribution in [0.25, 0.3) is 0 Å². The van der Waals surface area contributed by atoms with Gasteiger partial charge in [0.1, 0.15) is 11.5 Å². The Labute approximate surface area is 145 Å². The van der Waals surface area contributed by atoms with E-state index in [2.05, 4.69) is 12.1 Å². The second-order valence-electron chi connectivity index (χ2n) is 5.96. The first-order chi connectivity index (χ1) is 11.8. The molecule has 0 spiro atoms. The molecule has 0 saturated carbocycles. The predicted octanol–water partition coefficient (Wildman–Crippen LogP) is 5.65. The molecule has 2 aromatic carbocycles. The van der Waals surface area contributed by atoms with E-state index in [-0.39, 0.29) is 0 Å². The van der Waals surface area contributed by atoms with E-state index in [1.807, 2.05) is 54.6 Å². The van der Waals surface area contributed by atoms with Crippen LogP contribution in [0.2, 0.25) is 0 Å². The number of hydrogen-bond donors (Lipinski definition) is 1. The van der Waals surface area contributed by atoms with Gasteiger partial charge in [-0.1, -0.05) is 74.5 Å². The molecular formula is C21H27NO2. The van der Waals surface area contributed by atoms with Crippen LogP contribution in [0.3, 0.4) is 0 Å². The van der Waals surface area contributed by atoms with E-state index in [4.69, 9.17) is 4.74 Å². The molecule has 0 radical (unpaired) electrons. The van der Waals surface area contributed by atoms with Crippen LogP contribution in [-0.4, -0.2) is 17.5 Å². The van der Waals surface area contributed by atoms with Crippen LogP contribution in [0.4, 0.5) is 0 Å². The van der Waals surface area contributed by atoms with Gasteiger partial charge in [0, 0.05) is 11.1 Å². The van der Waals surface area contributed by atoms with Gasteiger partial charge in [0.2, 0.25) is 0 Å². The molecular weight excluding hydrogens is 298 g/mol. The van der Waals surface area contributed by atoms with Gasteiger partial charge in [0.15, 0.2) is 0 Å². The van der Waals surface area contributed by atoms with Gasteiger partial charge in [-0.25, -0.2) is 0 Å². The Morgan fingerprint density at radius 1 is 0.833 bits per heavy atom. The predicted molar refractivity (Wildman–Crippen MR) is 99.2 cm³/mol. The number of rotatable bonds is 10. The van der Waals surface area contributed by atoms with Gasteiger partial charge in [0.05, 0.1) is 6.61 Å². The van der Waals surface area contributed by atoms with Crippen molar-refractivity contribution in [1.29, 1.82) is 0 Å². The third-order valence-electron chi connectivity index (χ3n) is 4.04. The van der Waals surface area contributed by atoms with Crippen molar-refractivity contribution in [2.75, 3.05) is 6.61 Å². The molecule has 3 nitrogen and oxygen atoms in total. The van der Waals surface area contributed by atoms with E-state index < -0.39 is 0 Å². The van der Waals surface area contributed by atoms with Crippen molar-refractivity contribution in [3.63, 3.8) is 0 Å². The molecule has 0 heterocycles. The molecule has 128 valence electrons. The van der Waals surface area contributed by atoms with Crippen LogP contribution in [0.1, 0.15) is 56.6 Å². The standard InChI is InChI=1S/C21H27NO2/c1-2-3-4-5-6-10-17-24-20-15-13-19(14-16-20)21(22-23)18-11-8-7-9-12-18/h7-9,11-16,23H,2-6,10,17H2,1H3. The van der Waals surface area contributed by atoms with E-state index >= 15 is 0 Å². The largest absolute Gasteiger partial charge is 0.494 e. The molecule has 0 aliphatic heterocycles. The zero-order valence-electron chi connectivity index (χ0n) is 14.4. The third-order valence-corrected chi connectivity index (χ3v) is 4.04. The van der Waals surface area contributed by atoms with Crippen LogP contribution in [0, 0.1) is 0 Å². The van der Waals surface area contributed by atoms with Crippen molar-refractivity contribution in [2.24, 2.45) is 5.16 Å². The SMILES string of the molecule is CCCCCCCCOc1ccc(C(=NO)c2ccccc2)cc1. The summed E-state index contributed by atoms with van der Waals surface area (Å²) in [6.45, 7) is 2.99. The molecule has 0 fully saturated rings. The van der Waals surface area contributed by atoms with Crippen molar-refractivity contribution in [1.82, 2.24) is 0 Å². The topological polar surface area (TPSA) is 41.8 Å². The third kappa shape index (κ3) is 5.73. The molecule has 0 aliphatic carbocycles. The van der Waals surface area contributed by atoms with Gasteiger partial charge in [0.25, 0.3) is 0 Å². The molecule has 0 unspecified atom stereocenters. The number of ether oxygens (including phenoxy) is 1. The summed E-state index contributed by atoms with van der Waals surface area (Å²) in [6.07, 6.45) is 7.56. The average molecular weight is 325 g/mol. The van der Waals surface area contributed by atoms with E-state index in [1.165, 1.54) is 32.1 Å². The Bertz CT molecular complexity index is 605. The van der Waals surface area contributed by atoms with Gasteiger partial charge in [-0.05, 0) is 30.7 Å². The van der Waals surface area contributed by atoms with E-state index in [0.717, 1.165) is 29.9 Å². The minimum absolute atomic E-state index is 0.568. The summed E-state index contributed by atoms with van der Waals surface area (Å²) >= 11 is 0. The van der Waals surface area contributed by atoms with Crippen molar-refractivity contribution < 1.29 is 9.94 Å². The molecule has 2 aromatic rings. The van der Waals surface area contributed by atoms with Crippen LogP contribution in [-0.2, 0) is 0 Å². The molecule has 2 rings (SSSR count). The highest BCUT2D eigenvalue weighted by molar-refractivity contribution is 6.12. The molecule has 1 N–H and O–H groups in total. The molecule has 0 bridgehead atoms. The number of oxime groups is 1. The molecule has 0 aliphatic rings. The van der Waals surface area contributed by atoms with Gasteiger partial charge in [-0.2, -0.15) is 0 Å². The number of benzene rings is 2. The Morgan fingerprint density at radius 2 is 1.46 bits per heavy atom. The van der Waals surface area contributed by atoms with Crippen molar-refractivity contribution in [3.05, 3.63) is 65.7 Å². The smallest absolute Gasteiger partial charge is 0.119 e. The van der Waals surface area contributed by atoms with Crippen molar-refractivity contribution in [2.45, 2.75) is 45.4 Å². The zero-order chi connectivity index (χ0) is 17.0. The highest BCUT2D eigenvalue weighted by Gasteiger charge is 2.07. The summed E-state index contributed by atoms with van der Waals surface area (Å²) in [5, 5.41) is 12.8. The summed E-state index contributed by atoms with van der Waals surface area (Å²) in [6, 6.07) is 17.4. The lowest BCUT2D eigenvalue weighted by Crippen LogP contribution is -2.03. The maximum atomic E-state index is 9.32. The average Bonchev–Trinajstić information content (AvgIpc) is 2.64. The maximum absolute atomic E-state index is 9.32. The first-order valence-corrected chi connectivity index (χ1v) is 8.86. The Hall–Kier alpha value is -2.29. The zero-order valence-corrected chi connectivity index (χ0v) is 14.4. The van der Waals surface area contributed by atoms with Crippen LogP contribution in [0.15, 0.2) is 59.8 Å². The van der Waals surface area contributed by atoms with Crippen molar-refractivity contribution >= 4 is 5.71 Å². The normalized spacial score (nSPS) is 11.5. The first kappa shape index (κ1) is 18.1. The van der Waals surface area contributed by atoms with Crippen LogP contribution in [0.5, 0.6) is 5.75 Å². The quantitative estimate of drug-likeness (QED) is 0.265. The number of unbranched alkanes of at least 4 members (excludes halogenated alkanes) is 5. The number of hydrogen-bond acceptors (Lipinski definition) is 3. The summed E-state index contributed by atoms with van der Waals surface area (Å²) in [5.41, 5.74) is 2.33. The molecule has 0 aromatic heterocycles. The lowest BCUT2D eigenvalue weighted by molar-refractivity contribution is 0.304. The second-order valence-corrected chi connectivity index (χ2v) is 5.96. The van der Waals surface area contributed by atoms with Gasteiger partial charge in [-0.15, -0.1) is 0 Å². The summed E-state index contributed by atoms with van der Waals surface area (Å²) < 4.78 is 5.78. The minimum atomic E-state index is 0.568. The molecule has 0 atom stereocenters. The van der Waals surface area contributed by atoms with E-state index in [9.17, 15) is 5.21 Å². The molecule has 24 heavy (non-hydrogen) atoms. The molecule has 3 heteroatoms. The minimum Gasteiger partial charge on any atom is -0.494 e. The molecule has 0 saturated heterocycles. The van der Waals surface area contributed by atoms with E-state index in [1.54, 1.807) is 0 Å². The monoisotopic (exact) mass is 325 g/mol. The van der Waals surface area contributed by atoms with Gasteiger partial charge >= 0.3 is 0 Å². The lowest BCUT2D eigenvalue weighted by atomic mass is 10.0. The Morgan fingerprint density at radius 3 is 2.12 bits per heavy atom. The summed E-state index contributed by atoms with van der Waals surface area (Å²) in [5.74, 6) is 0.859. The summed E-state index contributed by atoms with van der Waals surface area (Å²) in [7, 11) is 0. The second kappa shape index (κ2) is 10.5. The Kier molecular flexibility index (Phi) is 7.88. The van der Waals surface area contributed by atoms with Crippen molar-refractivity contribution in [3.8, 4) is 5.75 Å². The van der Waals surface area contributed by atoms with Crippen LogP contribution >= 0.6 is 0 Å². The lowest BCUT2D eigenvalue weighted by Gasteiger charge is -2.08. The molecule has 0 amide bonds. The number of nitrogens with zero attached hydrogens (tertiary/aromatic N) is 1.